The number of rotatable bonds is 6. The summed E-state index contributed by atoms with van der Waals surface area (Å²) < 4.78 is 29.6. The smallest absolute Gasteiger partial charge is 0.239 e. The number of amides is 1. The quantitative estimate of drug-likeness (QED) is 0.852. The van der Waals surface area contributed by atoms with Crippen LogP contribution in [-0.2, 0) is 14.8 Å². The lowest BCUT2D eigenvalue weighted by molar-refractivity contribution is -0.116. The third-order valence-electron chi connectivity index (χ3n) is 3.03. The van der Waals surface area contributed by atoms with Crippen molar-refractivity contribution < 1.29 is 17.9 Å². The number of methoxy groups -OCH3 is 1. The fourth-order valence-corrected chi connectivity index (χ4v) is 3.03. The van der Waals surface area contributed by atoms with Crippen molar-refractivity contribution >= 4 is 21.6 Å². The molecule has 0 bridgehead atoms. The zero-order valence-corrected chi connectivity index (χ0v) is 12.3. The van der Waals surface area contributed by atoms with Gasteiger partial charge in [0, 0.05) is 17.8 Å². The van der Waals surface area contributed by atoms with E-state index in [1.807, 2.05) is 0 Å². The highest BCUT2D eigenvalue weighted by Gasteiger charge is 2.36. The van der Waals surface area contributed by atoms with Crippen molar-refractivity contribution in [2.45, 2.75) is 18.9 Å². The van der Waals surface area contributed by atoms with Gasteiger partial charge in [0.25, 0.3) is 0 Å². The lowest BCUT2D eigenvalue weighted by Crippen LogP contribution is -2.38. The molecule has 0 radical (unpaired) electrons. The Hall–Kier alpha value is -1.60. The second-order valence-corrected chi connectivity index (χ2v) is 6.75. The number of hydrogen-bond donors (Lipinski definition) is 1. The lowest BCUT2D eigenvalue weighted by atomic mass is 10.3. The molecule has 6 nitrogen and oxygen atoms in total. The number of nitrogens with zero attached hydrogens (tertiary/aromatic N) is 1. The highest BCUT2D eigenvalue weighted by atomic mass is 32.2. The molecule has 0 aromatic heterocycles. The first-order valence-corrected chi connectivity index (χ1v) is 8.15. The molecule has 0 saturated heterocycles. The van der Waals surface area contributed by atoms with Crippen molar-refractivity contribution in [3.05, 3.63) is 24.3 Å². The van der Waals surface area contributed by atoms with E-state index in [1.54, 1.807) is 31.4 Å². The van der Waals surface area contributed by atoms with Crippen molar-refractivity contribution in [1.82, 2.24) is 4.31 Å². The van der Waals surface area contributed by atoms with Crippen LogP contribution in [0.5, 0.6) is 5.75 Å². The SMILES string of the molecule is COc1cccc(NC(=O)CN(C2CC2)S(C)(=O)=O)c1. The topological polar surface area (TPSA) is 75.7 Å². The van der Waals surface area contributed by atoms with Gasteiger partial charge in [-0.25, -0.2) is 8.42 Å². The molecular formula is C13H18N2O4S. The standard InChI is InChI=1S/C13H18N2O4S/c1-19-12-5-3-4-10(8-12)14-13(16)9-15(11-6-7-11)20(2,17)18/h3-5,8,11H,6-7,9H2,1-2H3,(H,14,16). The Morgan fingerprint density at radius 1 is 1.45 bits per heavy atom. The van der Waals surface area contributed by atoms with Gasteiger partial charge in [-0.2, -0.15) is 4.31 Å². The summed E-state index contributed by atoms with van der Waals surface area (Å²) >= 11 is 0. The van der Waals surface area contributed by atoms with Gasteiger partial charge >= 0.3 is 0 Å². The van der Waals surface area contributed by atoms with Crippen LogP contribution < -0.4 is 10.1 Å². The van der Waals surface area contributed by atoms with Gasteiger partial charge in [0.1, 0.15) is 5.75 Å². The van der Waals surface area contributed by atoms with Gasteiger partial charge in [0.05, 0.1) is 19.9 Å². The summed E-state index contributed by atoms with van der Waals surface area (Å²) in [6.45, 7) is -0.152. The van der Waals surface area contributed by atoms with Crippen LogP contribution in [0.1, 0.15) is 12.8 Å². The van der Waals surface area contributed by atoms with Crippen LogP contribution >= 0.6 is 0 Å². The Kier molecular flexibility index (Phi) is 4.29. The van der Waals surface area contributed by atoms with E-state index in [9.17, 15) is 13.2 Å². The Labute approximate surface area is 118 Å². The molecule has 1 fully saturated rings. The van der Waals surface area contributed by atoms with Crippen LogP contribution in [0.15, 0.2) is 24.3 Å². The highest BCUT2D eigenvalue weighted by molar-refractivity contribution is 7.88. The first-order chi connectivity index (χ1) is 9.40. The van der Waals surface area contributed by atoms with Gasteiger partial charge in [-0.15, -0.1) is 0 Å². The number of anilines is 1. The van der Waals surface area contributed by atoms with Crippen molar-refractivity contribution in [3.63, 3.8) is 0 Å². The van der Waals surface area contributed by atoms with Gasteiger partial charge in [-0.05, 0) is 25.0 Å². The van der Waals surface area contributed by atoms with Gasteiger partial charge in [-0.1, -0.05) is 6.07 Å². The normalized spacial score (nSPS) is 15.2. The first-order valence-electron chi connectivity index (χ1n) is 6.31. The van der Waals surface area contributed by atoms with Crippen molar-refractivity contribution in [1.29, 1.82) is 0 Å². The fourth-order valence-electron chi connectivity index (χ4n) is 1.92. The number of benzene rings is 1. The molecule has 0 spiro atoms. The van der Waals surface area contributed by atoms with Crippen LogP contribution in [0.2, 0.25) is 0 Å². The minimum atomic E-state index is -3.35. The van der Waals surface area contributed by atoms with Crippen LogP contribution in [0, 0.1) is 0 Å². The average Bonchev–Trinajstić information content (AvgIpc) is 3.19. The Morgan fingerprint density at radius 2 is 2.15 bits per heavy atom. The zero-order valence-electron chi connectivity index (χ0n) is 11.5. The predicted octanol–water partition coefficient (Wildman–Crippen LogP) is 1.06. The molecule has 110 valence electrons. The van der Waals surface area contributed by atoms with Crippen LogP contribution in [-0.4, -0.2) is 44.6 Å². The summed E-state index contributed by atoms with van der Waals surface area (Å²) in [6.07, 6.45) is 2.77. The molecule has 1 aromatic carbocycles. The summed E-state index contributed by atoms with van der Waals surface area (Å²) in [4.78, 5) is 11.9. The summed E-state index contributed by atoms with van der Waals surface area (Å²) in [5.74, 6) is 0.278. The van der Waals surface area contributed by atoms with E-state index >= 15 is 0 Å². The number of carbonyl (C=O) groups is 1. The predicted molar refractivity (Wildman–Crippen MR) is 76.2 cm³/mol. The summed E-state index contributed by atoms with van der Waals surface area (Å²) in [5.41, 5.74) is 0.582. The Morgan fingerprint density at radius 3 is 2.70 bits per heavy atom. The van der Waals surface area contributed by atoms with Crippen molar-refractivity contribution in [2.24, 2.45) is 0 Å². The third kappa shape index (κ3) is 3.94. The maximum absolute atomic E-state index is 11.9. The van der Waals surface area contributed by atoms with Crippen molar-refractivity contribution in [3.8, 4) is 5.75 Å². The van der Waals surface area contributed by atoms with E-state index in [4.69, 9.17) is 4.74 Å². The van der Waals surface area contributed by atoms with Crippen LogP contribution in [0.25, 0.3) is 0 Å². The fraction of sp³-hybridized carbons (Fsp3) is 0.462. The molecule has 0 heterocycles. The van der Waals surface area contributed by atoms with E-state index in [0.29, 0.717) is 11.4 Å². The molecule has 0 atom stereocenters. The van der Waals surface area contributed by atoms with Crippen LogP contribution in [0.4, 0.5) is 5.69 Å². The second kappa shape index (κ2) is 5.80. The molecule has 0 unspecified atom stereocenters. The Bertz CT molecular complexity index is 596. The first kappa shape index (κ1) is 14.8. The number of sulfonamides is 1. The van der Waals surface area contributed by atoms with E-state index in [-0.39, 0.29) is 18.5 Å². The number of hydrogen-bond acceptors (Lipinski definition) is 4. The molecule has 20 heavy (non-hydrogen) atoms. The van der Waals surface area contributed by atoms with E-state index < -0.39 is 10.0 Å². The largest absolute Gasteiger partial charge is 0.497 e. The maximum atomic E-state index is 11.9. The molecule has 7 heteroatoms. The van der Waals surface area contributed by atoms with Gasteiger partial charge in [0.2, 0.25) is 15.9 Å². The lowest BCUT2D eigenvalue weighted by Gasteiger charge is -2.18. The van der Waals surface area contributed by atoms with E-state index in [0.717, 1.165) is 19.1 Å². The second-order valence-electron chi connectivity index (χ2n) is 4.82. The minimum Gasteiger partial charge on any atom is -0.497 e. The molecule has 1 aliphatic rings. The number of ether oxygens (including phenoxy) is 1. The molecule has 1 amide bonds. The average molecular weight is 298 g/mol. The van der Waals surface area contributed by atoms with Gasteiger partial charge < -0.3 is 10.1 Å². The molecule has 1 saturated carbocycles. The zero-order chi connectivity index (χ0) is 14.8. The minimum absolute atomic E-state index is 0.0268. The molecule has 1 N–H and O–H groups in total. The Balaban J connectivity index is 2.00. The highest BCUT2D eigenvalue weighted by Crippen LogP contribution is 2.28. The number of nitrogens with one attached hydrogen (secondary N) is 1. The van der Waals surface area contributed by atoms with Crippen molar-refractivity contribution in [2.75, 3.05) is 25.2 Å². The van der Waals surface area contributed by atoms with Gasteiger partial charge in [0.15, 0.2) is 0 Å². The number of carbonyl (C=O) groups excluding carboxylic acids is 1. The molecule has 1 aromatic rings. The monoisotopic (exact) mass is 298 g/mol. The van der Waals surface area contributed by atoms with E-state index in [1.165, 1.54) is 4.31 Å². The molecule has 0 aliphatic heterocycles. The summed E-state index contributed by atoms with van der Waals surface area (Å²) in [6, 6.07) is 6.90. The molecule has 1 aliphatic carbocycles. The molecular weight excluding hydrogens is 280 g/mol. The summed E-state index contributed by atoms with van der Waals surface area (Å²) in [7, 11) is -1.81. The summed E-state index contributed by atoms with van der Waals surface area (Å²) in [5, 5.41) is 2.68. The molecule has 2 rings (SSSR count). The van der Waals surface area contributed by atoms with E-state index in [2.05, 4.69) is 5.32 Å². The third-order valence-corrected chi connectivity index (χ3v) is 4.31. The maximum Gasteiger partial charge on any atom is 0.239 e. The van der Waals surface area contributed by atoms with Crippen LogP contribution in [0.3, 0.4) is 0 Å². The van der Waals surface area contributed by atoms with Gasteiger partial charge in [-0.3, -0.25) is 4.79 Å².